The fourth-order valence-electron chi connectivity index (χ4n) is 6.35. The van der Waals surface area contributed by atoms with Gasteiger partial charge in [-0.15, -0.1) is 0 Å². The number of carbonyl (C=O) groups is 2. The summed E-state index contributed by atoms with van der Waals surface area (Å²) in [6.07, 6.45) is 5.84. The molecule has 0 N–H and O–H groups in total. The van der Waals surface area contributed by atoms with Gasteiger partial charge in [0.15, 0.2) is 0 Å². The Kier molecular flexibility index (Phi) is 3.78. The molecule has 5 heteroatoms. The molecule has 0 spiro atoms. The van der Waals surface area contributed by atoms with E-state index in [2.05, 4.69) is 0 Å². The molecule has 2 amide bonds. The van der Waals surface area contributed by atoms with E-state index in [0.717, 1.165) is 17.4 Å². The first kappa shape index (κ1) is 17.1. The lowest BCUT2D eigenvalue weighted by atomic mass is 9.53. The van der Waals surface area contributed by atoms with Gasteiger partial charge in [0.1, 0.15) is 12.1 Å². The van der Waals surface area contributed by atoms with E-state index in [-0.39, 0.29) is 18.6 Å². The van der Waals surface area contributed by atoms with Crippen LogP contribution in [0.5, 0.6) is 0 Å². The van der Waals surface area contributed by atoms with Crippen LogP contribution in [0, 0.1) is 23.7 Å². The van der Waals surface area contributed by atoms with Gasteiger partial charge < -0.3 is 4.74 Å². The summed E-state index contributed by atoms with van der Waals surface area (Å²) in [5.74, 6) is 2.84. The van der Waals surface area contributed by atoms with Gasteiger partial charge in [0.2, 0.25) is 0 Å². The van der Waals surface area contributed by atoms with Crippen molar-refractivity contribution in [2.75, 3.05) is 0 Å². The first-order chi connectivity index (χ1) is 12.9. The van der Waals surface area contributed by atoms with Gasteiger partial charge in [-0.05, 0) is 75.2 Å². The highest BCUT2D eigenvalue weighted by Gasteiger charge is 2.63. The third-order valence-corrected chi connectivity index (χ3v) is 7.31. The van der Waals surface area contributed by atoms with Crippen LogP contribution in [-0.2, 0) is 16.1 Å². The summed E-state index contributed by atoms with van der Waals surface area (Å²) >= 11 is 0. The Morgan fingerprint density at radius 2 is 1.63 bits per heavy atom. The van der Waals surface area contributed by atoms with Gasteiger partial charge in [-0.3, -0.25) is 4.79 Å². The fourth-order valence-corrected chi connectivity index (χ4v) is 6.35. The SMILES string of the molecule is CC1(C)C(=O)N(C2C3CC4CC(C3)CC2C4)N1C(=O)OCc1ccccc1. The lowest BCUT2D eigenvalue weighted by molar-refractivity contribution is -0.235. The molecular formula is C22H28N2O3. The standard InChI is InChI=1S/C22H28N2O3/c1-22(2)20(25)23(19-17-9-15-8-16(11-17)12-18(19)10-15)24(22)21(26)27-13-14-6-4-3-5-7-14/h3-7,15-19H,8-13H2,1-2H3. The van der Waals surface area contributed by atoms with Crippen LogP contribution >= 0.6 is 0 Å². The van der Waals surface area contributed by atoms with E-state index in [4.69, 9.17) is 4.74 Å². The van der Waals surface area contributed by atoms with Gasteiger partial charge in [0, 0.05) is 0 Å². The number of hydrogen-bond donors (Lipinski definition) is 0. The monoisotopic (exact) mass is 368 g/mol. The molecule has 1 saturated heterocycles. The summed E-state index contributed by atoms with van der Waals surface area (Å²) in [6, 6.07) is 9.87. The third kappa shape index (κ3) is 2.58. The van der Waals surface area contributed by atoms with Gasteiger partial charge in [-0.1, -0.05) is 30.3 Å². The topological polar surface area (TPSA) is 49.9 Å². The van der Waals surface area contributed by atoms with E-state index >= 15 is 0 Å². The molecule has 4 bridgehead atoms. The number of rotatable bonds is 3. The minimum atomic E-state index is -0.817. The van der Waals surface area contributed by atoms with E-state index in [1.807, 2.05) is 44.2 Å². The van der Waals surface area contributed by atoms with Crippen molar-refractivity contribution < 1.29 is 14.3 Å². The van der Waals surface area contributed by atoms with Crippen LogP contribution in [0.25, 0.3) is 0 Å². The van der Waals surface area contributed by atoms with Crippen molar-refractivity contribution in [1.29, 1.82) is 0 Å². The molecule has 144 valence electrons. The lowest BCUT2D eigenvalue weighted by Gasteiger charge is -2.64. The average molecular weight is 368 g/mol. The number of nitrogens with zero attached hydrogens (tertiary/aromatic N) is 2. The second-order valence-corrected chi connectivity index (χ2v) is 9.48. The fraction of sp³-hybridized carbons (Fsp3) is 0.636. The molecular weight excluding hydrogens is 340 g/mol. The zero-order valence-corrected chi connectivity index (χ0v) is 16.1. The van der Waals surface area contributed by atoms with Crippen LogP contribution in [0.15, 0.2) is 30.3 Å². The van der Waals surface area contributed by atoms with Gasteiger partial charge in [-0.25, -0.2) is 14.8 Å². The summed E-state index contributed by atoms with van der Waals surface area (Å²) in [7, 11) is 0. The Hall–Kier alpha value is -2.04. The Balaban J connectivity index is 1.34. The Labute approximate surface area is 160 Å². The number of hydrogen-bond acceptors (Lipinski definition) is 3. The molecule has 5 aliphatic rings. The lowest BCUT2D eigenvalue weighted by Crippen LogP contribution is -2.80. The first-order valence-corrected chi connectivity index (χ1v) is 10.3. The second-order valence-electron chi connectivity index (χ2n) is 9.48. The number of amides is 2. The van der Waals surface area contributed by atoms with Crippen molar-refractivity contribution in [3.63, 3.8) is 0 Å². The summed E-state index contributed by atoms with van der Waals surface area (Å²) in [5, 5.41) is 3.38. The molecule has 0 unspecified atom stereocenters. The molecule has 27 heavy (non-hydrogen) atoms. The smallest absolute Gasteiger partial charge is 0.430 e. The molecule has 5 nitrogen and oxygen atoms in total. The van der Waals surface area contributed by atoms with E-state index in [1.54, 1.807) is 10.0 Å². The van der Waals surface area contributed by atoms with Gasteiger partial charge >= 0.3 is 6.09 Å². The van der Waals surface area contributed by atoms with Crippen molar-refractivity contribution in [1.82, 2.24) is 10.0 Å². The molecule has 4 aliphatic carbocycles. The molecule has 5 fully saturated rings. The van der Waals surface area contributed by atoms with Crippen LogP contribution in [0.1, 0.15) is 51.5 Å². The van der Waals surface area contributed by atoms with Crippen molar-refractivity contribution in [2.24, 2.45) is 23.7 Å². The normalized spacial score (nSPS) is 35.9. The van der Waals surface area contributed by atoms with E-state index in [1.165, 1.54) is 32.1 Å². The molecule has 0 aromatic heterocycles. The van der Waals surface area contributed by atoms with E-state index < -0.39 is 11.6 Å². The van der Waals surface area contributed by atoms with Crippen LogP contribution in [0.4, 0.5) is 4.79 Å². The molecule has 1 heterocycles. The minimum Gasteiger partial charge on any atom is -0.443 e. The molecule has 4 saturated carbocycles. The highest BCUT2D eigenvalue weighted by atomic mass is 16.6. The zero-order chi connectivity index (χ0) is 18.8. The number of carbonyl (C=O) groups excluding carboxylic acids is 2. The highest BCUT2D eigenvalue weighted by molar-refractivity contribution is 5.96. The maximum Gasteiger partial charge on any atom is 0.430 e. The van der Waals surface area contributed by atoms with E-state index in [0.29, 0.717) is 11.8 Å². The van der Waals surface area contributed by atoms with Crippen molar-refractivity contribution in [2.45, 2.75) is 64.1 Å². The van der Waals surface area contributed by atoms with Crippen LogP contribution < -0.4 is 0 Å². The first-order valence-electron chi connectivity index (χ1n) is 10.3. The molecule has 0 atom stereocenters. The Morgan fingerprint density at radius 1 is 1.04 bits per heavy atom. The van der Waals surface area contributed by atoms with Crippen molar-refractivity contribution in [3.05, 3.63) is 35.9 Å². The molecule has 0 radical (unpaired) electrons. The van der Waals surface area contributed by atoms with Crippen LogP contribution in [0.2, 0.25) is 0 Å². The van der Waals surface area contributed by atoms with Crippen LogP contribution in [-0.4, -0.2) is 33.6 Å². The van der Waals surface area contributed by atoms with Gasteiger partial charge in [0.25, 0.3) is 5.91 Å². The predicted octanol–water partition coefficient (Wildman–Crippen LogP) is 3.99. The zero-order valence-electron chi connectivity index (χ0n) is 16.1. The summed E-state index contributed by atoms with van der Waals surface area (Å²) in [4.78, 5) is 25.9. The van der Waals surface area contributed by atoms with E-state index in [9.17, 15) is 9.59 Å². The second kappa shape index (κ2) is 5.98. The maximum absolute atomic E-state index is 13.0. The Morgan fingerprint density at radius 3 is 2.22 bits per heavy atom. The van der Waals surface area contributed by atoms with Gasteiger partial charge in [0.05, 0.1) is 6.04 Å². The van der Waals surface area contributed by atoms with Crippen LogP contribution in [0.3, 0.4) is 0 Å². The number of hydrazine groups is 1. The Bertz CT molecular complexity index is 732. The number of ether oxygens (including phenoxy) is 1. The van der Waals surface area contributed by atoms with Gasteiger partial charge in [-0.2, -0.15) is 0 Å². The molecule has 1 aromatic rings. The molecule has 1 aliphatic heterocycles. The molecule has 1 aromatic carbocycles. The highest BCUT2D eigenvalue weighted by Crippen LogP contribution is 2.57. The predicted molar refractivity (Wildman–Crippen MR) is 100 cm³/mol. The summed E-state index contributed by atoms with van der Waals surface area (Å²) < 4.78 is 5.58. The number of benzene rings is 1. The van der Waals surface area contributed by atoms with Crippen molar-refractivity contribution in [3.8, 4) is 0 Å². The third-order valence-electron chi connectivity index (χ3n) is 7.31. The molecule has 6 rings (SSSR count). The quantitative estimate of drug-likeness (QED) is 0.811. The minimum absolute atomic E-state index is 0.0663. The maximum atomic E-state index is 13.0. The summed E-state index contributed by atoms with van der Waals surface area (Å²) in [6.45, 7) is 3.88. The van der Waals surface area contributed by atoms with Crippen molar-refractivity contribution >= 4 is 12.0 Å². The largest absolute Gasteiger partial charge is 0.443 e. The average Bonchev–Trinajstić information content (AvgIpc) is 2.65. The summed E-state index contributed by atoms with van der Waals surface area (Å²) in [5.41, 5.74) is 0.138.